The molecule has 2 unspecified atom stereocenters. The molecule has 1 aromatic heterocycles. The van der Waals surface area contributed by atoms with Gasteiger partial charge in [-0.15, -0.1) is 0 Å². The second-order valence-electron chi connectivity index (χ2n) is 5.40. The first-order valence-electron chi connectivity index (χ1n) is 7.19. The van der Waals surface area contributed by atoms with Crippen molar-refractivity contribution in [3.63, 3.8) is 0 Å². The molecule has 5 heteroatoms. The predicted octanol–water partition coefficient (Wildman–Crippen LogP) is 1.97. The first kappa shape index (κ1) is 12.7. The SMILES string of the molecule is CNc1nc(C)cc(N2CCOC3CCCCC32)n1. The van der Waals surface area contributed by atoms with Gasteiger partial charge < -0.3 is 15.0 Å². The van der Waals surface area contributed by atoms with E-state index in [2.05, 4.69) is 26.3 Å². The second kappa shape index (κ2) is 5.33. The van der Waals surface area contributed by atoms with Crippen LogP contribution in [0.3, 0.4) is 0 Å². The van der Waals surface area contributed by atoms with Crippen LogP contribution in [0.2, 0.25) is 0 Å². The average Bonchev–Trinajstić information content (AvgIpc) is 2.46. The molecule has 2 atom stereocenters. The Morgan fingerprint density at radius 2 is 2.16 bits per heavy atom. The Hall–Kier alpha value is -1.36. The minimum Gasteiger partial charge on any atom is -0.374 e. The lowest BCUT2D eigenvalue weighted by Gasteiger charge is -2.44. The first-order chi connectivity index (χ1) is 9.28. The molecule has 0 radical (unpaired) electrons. The third-order valence-corrected chi connectivity index (χ3v) is 4.09. The van der Waals surface area contributed by atoms with Crippen LogP contribution in [0, 0.1) is 6.92 Å². The Morgan fingerprint density at radius 1 is 1.32 bits per heavy atom. The molecule has 1 aromatic rings. The Morgan fingerprint density at radius 3 is 3.00 bits per heavy atom. The topological polar surface area (TPSA) is 50.3 Å². The lowest BCUT2D eigenvalue weighted by atomic mass is 9.90. The fraction of sp³-hybridized carbons (Fsp3) is 0.714. The highest BCUT2D eigenvalue weighted by Gasteiger charge is 2.35. The molecule has 0 aromatic carbocycles. The van der Waals surface area contributed by atoms with Gasteiger partial charge in [0.2, 0.25) is 5.95 Å². The number of morpholine rings is 1. The zero-order valence-corrected chi connectivity index (χ0v) is 11.7. The van der Waals surface area contributed by atoms with Crippen molar-refractivity contribution in [2.75, 3.05) is 30.4 Å². The summed E-state index contributed by atoms with van der Waals surface area (Å²) in [6, 6.07) is 2.57. The van der Waals surface area contributed by atoms with Gasteiger partial charge in [-0.2, -0.15) is 4.98 Å². The summed E-state index contributed by atoms with van der Waals surface area (Å²) >= 11 is 0. The minimum absolute atomic E-state index is 0.385. The molecule has 2 fully saturated rings. The summed E-state index contributed by atoms with van der Waals surface area (Å²) < 4.78 is 5.92. The van der Waals surface area contributed by atoms with Gasteiger partial charge in [-0.3, -0.25) is 0 Å². The minimum atomic E-state index is 0.385. The summed E-state index contributed by atoms with van der Waals surface area (Å²) in [6.07, 6.45) is 5.37. The molecule has 1 saturated heterocycles. The van der Waals surface area contributed by atoms with Crippen LogP contribution in [0.15, 0.2) is 6.07 Å². The molecule has 1 N–H and O–H groups in total. The van der Waals surface area contributed by atoms with Crippen molar-refractivity contribution in [3.05, 3.63) is 11.8 Å². The maximum atomic E-state index is 5.92. The van der Waals surface area contributed by atoms with Crippen LogP contribution in [-0.2, 0) is 4.74 Å². The van der Waals surface area contributed by atoms with E-state index in [1.165, 1.54) is 25.7 Å². The molecule has 0 amide bonds. The summed E-state index contributed by atoms with van der Waals surface area (Å²) in [7, 11) is 1.86. The largest absolute Gasteiger partial charge is 0.374 e. The number of nitrogens with zero attached hydrogens (tertiary/aromatic N) is 3. The van der Waals surface area contributed by atoms with Gasteiger partial charge in [-0.25, -0.2) is 4.98 Å². The smallest absolute Gasteiger partial charge is 0.224 e. The number of ether oxygens (including phenoxy) is 1. The Balaban J connectivity index is 1.89. The van der Waals surface area contributed by atoms with Gasteiger partial charge in [0, 0.05) is 25.4 Å². The molecule has 104 valence electrons. The standard InChI is InChI=1S/C14H22N4O/c1-10-9-13(17-14(15-2)16-10)18-7-8-19-12-6-4-3-5-11(12)18/h9,11-12H,3-8H2,1-2H3,(H,15,16,17). The number of aromatic nitrogens is 2. The van der Waals surface area contributed by atoms with Gasteiger partial charge in [-0.05, 0) is 19.8 Å². The lowest BCUT2D eigenvalue weighted by Crippen LogP contribution is -2.53. The van der Waals surface area contributed by atoms with Crippen molar-refractivity contribution < 1.29 is 4.74 Å². The van der Waals surface area contributed by atoms with Crippen molar-refractivity contribution in [2.24, 2.45) is 0 Å². The molecule has 2 aliphatic rings. The number of hydrogen-bond donors (Lipinski definition) is 1. The van der Waals surface area contributed by atoms with Crippen LogP contribution in [0.4, 0.5) is 11.8 Å². The number of fused-ring (bicyclic) bond motifs is 1. The lowest BCUT2D eigenvalue weighted by molar-refractivity contribution is -0.00899. The maximum absolute atomic E-state index is 5.92. The second-order valence-corrected chi connectivity index (χ2v) is 5.40. The number of hydrogen-bond acceptors (Lipinski definition) is 5. The van der Waals surface area contributed by atoms with Crippen LogP contribution in [0.25, 0.3) is 0 Å². The number of aryl methyl sites for hydroxylation is 1. The van der Waals surface area contributed by atoms with E-state index in [1.807, 2.05) is 14.0 Å². The quantitative estimate of drug-likeness (QED) is 0.883. The Labute approximate surface area is 114 Å². The van der Waals surface area contributed by atoms with E-state index in [0.717, 1.165) is 24.7 Å². The number of nitrogens with one attached hydrogen (secondary N) is 1. The third kappa shape index (κ3) is 2.52. The Bertz CT molecular complexity index is 449. The number of anilines is 2. The zero-order valence-electron chi connectivity index (χ0n) is 11.7. The molecular formula is C14H22N4O. The van der Waals surface area contributed by atoms with Crippen LogP contribution in [0.1, 0.15) is 31.4 Å². The van der Waals surface area contributed by atoms with Gasteiger partial charge in [0.25, 0.3) is 0 Å². The zero-order chi connectivity index (χ0) is 13.2. The van der Waals surface area contributed by atoms with Crippen LogP contribution in [0.5, 0.6) is 0 Å². The monoisotopic (exact) mass is 262 g/mol. The van der Waals surface area contributed by atoms with Crippen LogP contribution in [-0.4, -0.2) is 42.3 Å². The fourth-order valence-electron chi connectivity index (χ4n) is 3.19. The molecule has 0 bridgehead atoms. The van der Waals surface area contributed by atoms with E-state index in [4.69, 9.17) is 4.74 Å². The van der Waals surface area contributed by atoms with Crippen LogP contribution >= 0.6 is 0 Å². The molecule has 0 spiro atoms. The van der Waals surface area contributed by atoms with E-state index in [0.29, 0.717) is 18.1 Å². The van der Waals surface area contributed by atoms with E-state index in [1.54, 1.807) is 0 Å². The maximum Gasteiger partial charge on any atom is 0.224 e. The highest BCUT2D eigenvalue weighted by molar-refractivity contribution is 5.46. The summed E-state index contributed by atoms with van der Waals surface area (Å²) in [6.45, 7) is 3.75. The van der Waals surface area contributed by atoms with Gasteiger partial charge >= 0.3 is 0 Å². The van der Waals surface area contributed by atoms with Crippen LogP contribution < -0.4 is 10.2 Å². The van der Waals surface area contributed by atoms with Gasteiger partial charge in [0.15, 0.2) is 0 Å². The molecule has 1 aliphatic carbocycles. The summed E-state index contributed by atoms with van der Waals surface area (Å²) in [5, 5.41) is 3.04. The van der Waals surface area contributed by atoms with Gasteiger partial charge in [0.05, 0.1) is 18.8 Å². The van der Waals surface area contributed by atoms with Crippen molar-refractivity contribution in [1.29, 1.82) is 0 Å². The first-order valence-corrected chi connectivity index (χ1v) is 7.19. The van der Waals surface area contributed by atoms with Crippen molar-refractivity contribution in [2.45, 2.75) is 44.8 Å². The molecular weight excluding hydrogens is 240 g/mol. The normalized spacial score (nSPS) is 26.9. The third-order valence-electron chi connectivity index (χ3n) is 4.09. The summed E-state index contributed by atoms with van der Waals surface area (Å²) in [5.41, 5.74) is 1.01. The molecule has 1 saturated carbocycles. The molecule has 2 heterocycles. The predicted molar refractivity (Wildman–Crippen MR) is 75.7 cm³/mol. The molecule has 5 nitrogen and oxygen atoms in total. The molecule has 1 aliphatic heterocycles. The van der Waals surface area contributed by atoms with E-state index < -0.39 is 0 Å². The highest BCUT2D eigenvalue weighted by atomic mass is 16.5. The van der Waals surface area contributed by atoms with E-state index in [9.17, 15) is 0 Å². The highest BCUT2D eigenvalue weighted by Crippen LogP contribution is 2.31. The Kier molecular flexibility index (Phi) is 3.55. The van der Waals surface area contributed by atoms with Gasteiger partial charge in [-0.1, -0.05) is 12.8 Å². The average molecular weight is 262 g/mol. The van der Waals surface area contributed by atoms with Crippen molar-refractivity contribution in [1.82, 2.24) is 9.97 Å². The van der Waals surface area contributed by atoms with Crippen molar-refractivity contribution in [3.8, 4) is 0 Å². The van der Waals surface area contributed by atoms with E-state index in [-0.39, 0.29) is 0 Å². The fourth-order valence-corrected chi connectivity index (χ4v) is 3.19. The summed E-state index contributed by atoms with van der Waals surface area (Å²) in [5.74, 6) is 1.74. The summed E-state index contributed by atoms with van der Waals surface area (Å²) in [4.78, 5) is 11.4. The van der Waals surface area contributed by atoms with E-state index >= 15 is 0 Å². The van der Waals surface area contributed by atoms with Gasteiger partial charge in [0.1, 0.15) is 5.82 Å². The molecule has 19 heavy (non-hydrogen) atoms. The number of rotatable bonds is 2. The van der Waals surface area contributed by atoms with Crippen molar-refractivity contribution >= 4 is 11.8 Å². The molecule has 3 rings (SSSR count).